The van der Waals surface area contributed by atoms with Gasteiger partial charge in [0.15, 0.2) is 0 Å². The van der Waals surface area contributed by atoms with Gasteiger partial charge in [0, 0.05) is 27.7 Å². The number of aromatic nitrogens is 3. The Kier molecular flexibility index (Phi) is 8.74. The zero-order chi connectivity index (χ0) is 38.9. The first-order valence-corrected chi connectivity index (χ1v) is 20.1. The maximum atomic E-state index is 5.43. The molecule has 9 rings (SSSR count). The molecule has 2 aromatic heterocycles. The molecule has 0 spiro atoms. The normalized spacial score (nSPS) is 11.9. The Balaban J connectivity index is 1.30. The van der Waals surface area contributed by atoms with Crippen molar-refractivity contribution in [2.24, 2.45) is 0 Å². The number of para-hydroxylation sites is 3. The second kappa shape index (κ2) is 13.7. The van der Waals surface area contributed by atoms with E-state index in [9.17, 15) is 0 Å². The van der Waals surface area contributed by atoms with Gasteiger partial charge in [-0.1, -0.05) is 112 Å². The van der Waals surface area contributed by atoms with Crippen molar-refractivity contribution in [1.29, 1.82) is 0 Å². The fourth-order valence-corrected chi connectivity index (χ4v) is 9.12. The van der Waals surface area contributed by atoms with Crippen LogP contribution in [-0.2, 0) is 5.41 Å². The van der Waals surface area contributed by atoms with Gasteiger partial charge in [0.2, 0.25) is 0 Å². The number of hydrogen-bond donors (Lipinski definition) is 0. The molecule has 56 heavy (non-hydrogen) atoms. The van der Waals surface area contributed by atoms with Crippen molar-refractivity contribution in [2.45, 2.75) is 53.9 Å². The van der Waals surface area contributed by atoms with Crippen LogP contribution in [-0.4, -0.2) is 14.1 Å². The molecule has 0 atom stereocenters. The Labute approximate surface area is 337 Å². The van der Waals surface area contributed by atoms with E-state index >= 15 is 0 Å². The number of rotatable bonds is 6. The van der Waals surface area contributed by atoms with Crippen LogP contribution in [0.4, 0.5) is 17.1 Å². The minimum absolute atomic E-state index is 0.00309. The maximum Gasteiger partial charge on any atom is 0.146 e. The van der Waals surface area contributed by atoms with Crippen molar-refractivity contribution in [1.82, 2.24) is 14.1 Å². The van der Waals surface area contributed by atoms with Crippen LogP contribution in [0, 0.1) is 27.7 Å². The molecule has 2 heterocycles. The molecule has 4 nitrogen and oxygen atoms in total. The largest absolute Gasteiger partial charge is 0.309 e. The molecule has 0 bridgehead atoms. The van der Waals surface area contributed by atoms with Crippen LogP contribution in [0.1, 0.15) is 48.6 Å². The predicted octanol–water partition coefficient (Wildman–Crippen LogP) is 14.6. The summed E-state index contributed by atoms with van der Waals surface area (Å²) < 4.78 is 5.72. The van der Waals surface area contributed by atoms with Crippen molar-refractivity contribution in [3.63, 3.8) is 0 Å². The van der Waals surface area contributed by atoms with E-state index in [2.05, 4.69) is 224 Å². The SMILES string of the molecule is Cc1cccc(C)c1-c1nc2cc(C(C)(C)C)ccc2n1-c1cccc(N(c2cccc(-n3c4ccccc4c4ccccc43)c2)c2c(C)cccc2C)c1Br. The van der Waals surface area contributed by atoms with Gasteiger partial charge in [-0.05, 0) is 131 Å². The molecule has 0 aliphatic heterocycles. The second-order valence-corrected chi connectivity index (χ2v) is 16.9. The molecule has 0 amide bonds. The summed E-state index contributed by atoms with van der Waals surface area (Å²) in [6.07, 6.45) is 0. The van der Waals surface area contributed by atoms with E-state index in [0.29, 0.717) is 0 Å². The highest BCUT2D eigenvalue weighted by molar-refractivity contribution is 9.10. The standard InChI is InChI=1S/C51H45BrN4/c1-32-16-12-17-33(2)47(32)50-53-41-30-36(51(5,6)7)28-29-44(41)56(50)46-27-15-26-45(48(46)52)55(49-34(3)18-13-19-35(49)4)38-21-14-20-37(31-38)54-42-24-10-8-22-39(42)40-23-9-11-25-43(40)54/h8-31H,1-7H3. The predicted molar refractivity (Wildman–Crippen MR) is 241 cm³/mol. The van der Waals surface area contributed by atoms with Crippen LogP contribution in [0.5, 0.6) is 0 Å². The maximum absolute atomic E-state index is 5.43. The lowest BCUT2D eigenvalue weighted by Gasteiger charge is -2.31. The van der Waals surface area contributed by atoms with E-state index < -0.39 is 0 Å². The molecule has 0 unspecified atom stereocenters. The number of halogens is 1. The first kappa shape index (κ1) is 35.8. The fourth-order valence-electron chi connectivity index (χ4n) is 8.50. The van der Waals surface area contributed by atoms with E-state index in [1.807, 2.05) is 0 Å². The van der Waals surface area contributed by atoms with Gasteiger partial charge in [-0.3, -0.25) is 4.57 Å². The first-order chi connectivity index (χ1) is 27.0. The second-order valence-electron chi connectivity index (χ2n) is 16.1. The number of benzene rings is 7. The van der Waals surface area contributed by atoms with E-state index in [-0.39, 0.29) is 5.41 Å². The molecular formula is C51H45BrN4. The molecule has 0 saturated carbocycles. The summed E-state index contributed by atoms with van der Waals surface area (Å²) >= 11 is 4.25. The van der Waals surface area contributed by atoms with E-state index in [0.717, 1.165) is 55.3 Å². The van der Waals surface area contributed by atoms with Crippen LogP contribution in [0.15, 0.2) is 150 Å². The fraction of sp³-hybridized carbons (Fsp3) is 0.157. The Bertz CT molecular complexity index is 2880. The Morgan fingerprint density at radius 2 is 1.14 bits per heavy atom. The number of hydrogen-bond acceptors (Lipinski definition) is 2. The first-order valence-electron chi connectivity index (χ1n) is 19.3. The van der Waals surface area contributed by atoms with Crippen molar-refractivity contribution in [3.05, 3.63) is 178 Å². The monoisotopic (exact) mass is 792 g/mol. The molecule has 276 valence electrons. The van der Waals surface area contributed by atoms with Crippen molar-refractivity contribution < 1.29 is 0 Å². The molecule has 0 fully saturated rings. The highest BCUT2D eigenvalue weighted by Crippen LogP contribution is 2.46. The minimum atomic E-state index is -0.00309. The third-order valence-corrected chi connectivity index (χ3v) is 12.1. The molecule has 0 radical (unpaired) electrons. The van der Waals surface area contributed by atoms with Gasteiger partial charge in [0.05, 0.1) is 43.6 Å². The molecule has 7 aromatic carbocycles. The van der Waals surface area contributed by atoms with E-state index in [4.69, 9.17) is 4.98 Å². The average Bonchev–Trinajstić information content (AvgIpc) is 3.72. The van der Waals surface area contributed by atoms with Crippen molar-refractivity contribution in [2.75, 3.05) is 4.90 Å². The van der Waals surface area contributed by atoms with Crippen LogP contribution in [0.25, 0.3) is 55.6 Å². The molecule has 5 heteroatoms. The van der Waals surface area contributed by atoms with Crippen molar-refractivity contribution in [3.8, 4) is 22.8 Å². The number of imidazole rings is 1. The van der Waals surface area contributed by atoms with Crippen LogP contribution in [0.2, 0.25) is 0 Å². The molecular weight excluding hydrogens is 748 g/mol. The molecule has 0 aliphatic rings. The molecule has 0 N–H and O–H groups in total. The Morgan fingerprint density at radius 3 is 1.79 bits per heavy atom. The van der Waals surface area contributed by atoms with Crippen LogP contribution >= 0.6 is 15.9 Å². The number of anilines is 3. The summed E-state index contributed by atoms with van der Waals surface area (Å²) in [7, 11) is 0. The third kappa shape index (κ3) is 5.84. The summed E-state index contributed by atoms with van der Waals surface area (Å²) in [4.78, 5) is 7.85. The summed E-state index contributed by atoms with van der Waals surface area (Å²) in [5.41, 5.74) is 17.0. The van der Waals surface area contributed by atoms with Gasteiger partial charge in [0.25, 0.3) is 0 Å². The summed E-state index contributed by atoms with van der Waals surface area (Å²) in [5, 5.41) is 2.50. The van der Waals surface area contributed by atoms with Crippen LogP contribution < -0.4 is 4.90 Å². The zero-order valence-electron chi connectivity index (χ0n) is 33.0. The number of aryl methyl sites for hydroxylation is 4. The van der Waals surface area contributed by atoms with Gasteiger partial charge in [-0.2, -0.15) is 0 Å². The summed E-state index contributed by atoms with van der Waals surface area (Å²) in [5.74, 6) is 0.937. The number of nitrogens with zero attached hydrogens (tertiary/aromatic N) is 4. The van der Waals surface area contributed by atoms with Gasteiger partial charge in [-0.15, -0.1) is 0 Å². The quantitative estimate of drug-likeness (QED) is 0.168. The van der Waals surface area contributed by atoms with Crippen LogP contribution in [0.3, 0.4) is 0 Å². The van der Waals surface area contributed by atoms with Crippen molar-refractivity contribution >= 4 is 65.8 Å². The average molecular weight is 794 g/mol. The van der Waals surface area contributed by atoms with Gasteiger partial charge < -0.3 is 9.47 Å². The molecule has 0 aliphatic carbocycles. The lowest BCUT2D eigenvalue weighted by atomic mass is 9.87. The Morgan fingerprint density at radius 1 is 0.554 bits per heavy atom. The zero-order valence-corrected chi connectivity index (χ0v) is 34.6. The molecule has 0 saturated heterocycles. The summed E-state index contributed by atoms with van der Waals surface area (Å²) in [6.45, 7) is 15.6. The lowest BCUT2D eigenvalue weighted by Crippen LogP contribution is -2.15. The Hall–Kier alpha value is -5.91. The molecule has 9 aromatic rings. The van der Waals surface area contributed by atoms with Gasteiger partial charge in [-0.25, -0.2) is 4.98 Å². The van der Waals surface area contributed by atoms with E-state index in [1.165, 1.54) is 49.6 Å². The van der Waals surface area contributed by atoms with E-state index in [1.54, 1.807) is 0 Å². The highest BCUT2D eigenvalue weighted by atomic mass is 79.9. The third-order valence-electron chi connectivity index (χ3n) is 11.3. The number of fused-ring (bicyclic) bond motifs is 4. The summed E-state index contributed by atoms with van der Waals surface area (Å²) in [6, 6.07) is 52.8. The van der Waals surface area contributed by atoms with Gasteiger partial charge >= 0.3 is 0 Å². The van der Waals surface area contributed by atoms with Gasteiger partial charge in [0.1, 0.15) is 5.82 Å². The minimum Gasteiger partial charge on any atom is -0.309 e. The topological polar surface area (TPSA) is 26.0 Å². The smallest absolute Gasteiger partial charge is 0.146 e. The highest BCUT2D eigenvalue weighted by Gasteiger charge is 2.26. The lowest BCUT2D eigenvalue weighted by molar-refractivity contribution is 0.591.